The van der Waals surface area contributed by atoms with Gasteiger partial charge in [-0.05, 0) is 38.5 Å². The van der Waals surface area contributed by atoms with E-state index in [0.717, 1.165) is 11.3 Å². The van der Waals surface area contributed by atoms with Crippen molar-refractivity contribution in [1.29, 1.82) is 0 Å². The number of carbonyl (C=O) groups excluding carboxylic acids is 1. The fourth-order valence-corrected chi connectivity index (χ4v) is 2.74. The van der Waals surface area contributed by atoms with Crippen LogP contribution >= 0.6 is 11.8 Å². The molecule has 0 unspecified atom stereocenters. The molecule has 0 aliphatic rings. The van der Waals surface area contributed by atoms with Crippen molar-refractivity contribution in [3.8, 4) is 11.5 Å². The minimum absolute atomic E-state index is 0.0243. The highest BCUT2D eigenvalue weighted by Crippen LogP contribution is 2.33. The van der Waals surface area contributed by atoms with Gasteiger partial charge in [0.2, 0.25) is 5.91 Å². The lowest BCUT2D eigenvalue weighted by molar-refractivity contribution is -0.120. The summed E-state index contributed by atoms with van der Waals surface area (Å²) in [5, 5.41) is 2.74. The number of ether oxygens (including phenoxy) is 3. The Hall–Kier alpha value is -1.40. The van der Waals surface area contributed by atoms with Crippen molar-refractivity contribution >= 4 is 17.7 Å². The first-order valence-electron chi connectivity index (χ1n) is 7.36. The summed E-state index contributed by atoms with van der Waals surface area (Å²) in [7, 11) is 3.20. The number of amides is 1. The summed E-state index contributed by atoms with van der Waals surface area (Å²) >= 11 is 1.49. The molecule has 0 saturated carbocycles. The summed E-state index contributed by atoms with van der Waals surface area (Å²) in [5.74, 6) is 1.37. The lowest BCUT2D eigenvalue weighted by Gasteiger charge is -2.13. The first-order valence-corrected chi connectivity index (χ1v) is 8.24. The second kappa shape index (κ2) is 10.3. The largest absolute Gasteiger partial charge is 0.493 e. The van der Waals surface area contributed by atoms with Crippen molar-refractivity contribution < 1.29 is 19.0 Å². The topological polar surface area (TPSA) is 56.8 Å². The number of hydrogen-bond acceptors (Lipinski definition) is 5. The van der Waals surface area contributed by atoms with Crippen molar-refractivity contribution in [2.24, 2.45) is 0 Å². The highest BCUT2D eigenvalue weighted by atomic mass is 32.2. The molecule has 1 atom stereocenters. The molecule has 0 fully saturated rings. The first-order chi connectivity index (χ1) is 10.6. The van der Waals surface area contributed by atoms with E-state index in [1.54, 1.807) is 14.2 Å². The van der Waals surface area contributed by atoms with Gasteiger partial charge in [0.25, 0.3) is 0 Å². The number of carbonyl (C=O) groups is 1. The average molecular weight is 327 g/mol. The Balaban J connectivity index is 2.46. The second-order valence-corrected chi connectivity index (χ2v) is 6.03. The van der Waals surface area contributed by atoms with Crippen LogP contribution in [0.5, 0.6) is 11.5 Å². The lowest BCUT2D eigenvalue weighted by atomic mass is 10.3. The maximum atomic E-state index is 12.0. The third-order valence-corrected chi connectivity index (χ3v) is 4.10. The number of nitrogens with one attached hydrogen (secondary N) is 1. The van der Waals surface area contributed by atoms with Gasteiger partial charge in [-0.25, -0.2) is 0 Å². The number of hydrogen-bond donors (Lipinski definition) is 1. The summed E-state index contributed by atoms with van der Waals surface area (Å²) in [6, 6.07) is 5.64. The fraction of sp³-hybridized carbons (Fsp3) is 0.562. The van der Waals surface area contributed by atoms with E-state index in [2.05, 4.69) is 5.32 Å². The zero-order valence-electron chi connectivity index (χ0n) is 13.7. The third kappa shape index (κ3) is 6.15. The quantitative estimate of drug-likeness (QED) is 0.529. The van der Waals surface area contributed by atoms with Gasteiger partial charge in [-0.3, -0.25) is 4.79 Å². The molecule has 0 bridgehead atoms. The van der Waals surface area contributed by atoms with E-state index in [9.17, 15) is 4.79 Å². The summed E-state index contributed by atoms with van der Waals surface area (Å²) in [5.41, 5.74) is 0. The lowest BCUT2D eigenvalue weighted by Crippen LogP contribution is -2.32. The Morgan fingerprint density at radius 2 is 2.00 bits per heavy atom. The molecule has 124 valence electrons. The molecule has 22 heavy (non-hydrogen) atoms. The van der Waals surface area contributed by atoms with Crippen LogP contribution in [0.25, 0.3) is 0 Å². The third-order valence-electron chi connectivity index (χ3n) is 3.01. The molecule has 1 rings (SSSR count). The van der Waals surface area contributed by atoms with E-state index in [-0.39, 0.29) is 11.2 Å². The van der Waals surface area contributed by atoms with Crippen molar-refractivity contribution in [2.45, 2.75) is 30.4 Å². The van der Waals surface area contributed by atoms with Crippen LogP contribution < -0.4 is 14.8 Å². The fourth-order valence-electron chi connectivity index (χ4n) is 1.82. The standard InChI is InChI=1S/C16H25NO4S/c1-5-21-10-6-9-17-16(18)12(2)22-13-7-8-14(19-3)15(11-13)20-4/h7-8,11-12H,5-6,9-10H2,1-4H3,(H,17,18)/t12-/m1/s1. The minimum atomic E-state index is -0.176. The molecule has 6 heteroatoms. The minimum Gasteiger partial charge on any atom is -0.493 e. The van der Waals surface area contributed by atoms with Crippen molar-refractivity contribution in [3.63, 3.8) is 0 Å². The maximum absolute atomic E-state index is 12.0. The summed E-state index contributed by atoms with van der Waals surface area (Å²) < 4.78 is 15.7. The van der Waals surface area contributed by atoms with E-state index in [0.29, 0.717) is 31.3 Å². The van der Waals surface area contributed by atoms with Crippen molar-refractivity contribution in [1.82, 2.24) is 5.32 Å². The number of benzene rings is 1. The van der Waals surface area contributed by atoms with Crippen molar-refractivity contribution in [3.05, 3.63) is 18.2 Å². The molecule has 0 aliphatic heterocycles. The van der Waals surface area contributed by atoms with Gasteiger partial charge in [0.15, 0.2) is 11.5 Å². The van der Waals surface area contributed by atoms with Gasteiger partial charge in [-0.2, -0.15) is 0 Å². The molecule has 0 aromatic heterocycles. The number of methoxy groups -OCH3 is 2. The van der Waals surface area contributed by atoms with Crippen LogP contribution in [0.15, 0.2) is 23.1 Å². The smallest absolute Gasteiger partial charge is 0.233 e. The van der Waals surface area contributed by atoms with Crippen LogP contribution in [0.2, 0.25) is 0 Å². The number of thioether (sulfide) groups is 1. The van der Waals surface area contributed by atoms with Crippen LogP contribution in [-0.2, 0) is 9.53 Å². The first kappa shape index (κ1) is 18.6. The summed E-state index contributed by atoms with van der Waals surface area (Å²) in [6.07, 6.45) is 0.827. The predicted octanol–water partition coefficient (Wildman–Crippen LogP) is 2.73. The molecule has 1 aromatic carbocycles. The van der Waals surface area contributed by atoms with E-state index in [4.69, 9.17) is 14.2 Å². The maximum Gasteiger partial charge on any atom is 0.233 e. The van der Waals surface area contributed by atoms with Crippen LogP contribution in [-0.4, -0.2) is 45.1 Å². The van der Waals surface area contributed by atoms with Gasteiger partial charge in [-0.15, -0.1) is 11.8 Å². The Labute approximate surface area is 136 Å². The van der Waals surface area contributed by atoms with Gasteiger partial charge in [0.1, 0.15) is 0 Å². The van der Waals surface area contributed by atoms with Gasteiger partial charge in [-0.1, -0.05) is 0 Å². The second-order valence-electron chi connectivity index (χ2n) is 4.62. The van der Waals surface area contributed by atoms with Crippen LogP contribution in [0.3, 0.4) is 0 Å². The molecule has 0 saturated heterocycles. The van der Waals surface area contributed by atoms with Gasteiger partial charge in [0, 0.05) is 24.7 Å². The predicted molar refractivity (Wildman–Crippen MR) is 89.0 cm³/mol. The molecule has 1 aromatic rings. The Morgan fingerprint density at radius 1 is 1.27 bits per heavy atom. The molecule has 0 aliphatic carbocycles. The molecule has 0 spiro atoms. The Bertz CT molecular complexity index is 467. The zero-order chi connectivity index (χ0) is 16.4. The highest BCUT2D eigenvalue weighted by molar-refractivity contribution is 8.00. The van der Waals surface area contributed by atoms with Crippen LogP contribution in [0.1, 0.15) is 20.3 Å². The average Bonchev–Trinajstić information content (AvgIpc) is 2.54. The van der Waals surface area contributed by atoms with Crippen LogP contribution in [0, 0.1) is 0 Å². The van der Waals surface area contributed by atoms with Gasteiger partial charge in [0.05, 0.1) is 19.5 Å². The molecule has 1 N–H and O–H groups in total. The van der Waals surface area contributed by atoms with E-state index in [1.165, 1.54) is 11.8 Å². The summed E-state index contributed by atoms with van der Waals surface area (Å²) in [6.45, 7) is 5.86. The molecule has 0 radical (unpaired) electrons. The normalized spacial score (nSPS) is 11.8. The van der Waals surface area contributed by atoms with E-state index >= 15 is 0 Å². The summed E-state index contributed by atoms with van der Waals surface area (Å²) in [4.78, 5) is 13.0. The monoisotopic (exact) mass is 327 g/mol. The molecule has 0 heterocycles. The van der Waals surface area contributed by atoms with Gasteiger partial charge >= 0.3 is 0 Å². The molecular weight excluding hydrogens is 302 g/mol. The Kier molecular flexibility index (Phi) is 8.77. The van der Waals surface area contributed by atoms with Crippen molar-refractivity contribution in [2.75, 3.05) is 34.0 Å². The SMILES string of the molecule is CCOCCCNC(=O)[C@@H](C)Sc1ccc(OC)c(OC)c1. The van der Waals surface area contributed by atoms with Crippen LogP contribution in [0.4, 0.5) is 0 Å². The van der Waals surface area contributed by atoms with E-state index in [1.807, 2.05) is 32.0 Å². The van der Waals surface area contributed by atoms with E-state index < -0.39 is 0 Å². The van der Waals surface area contributed by atoms with Gasteiger partial charge < -0.3 is 19.5 Å². The molecule has 1 amide bonds. The Morgan fingerprint density at radius 3 is 2.64 bits per heavy atom. The highest BCUT2D eigenvalue weighted by Gasteiger charge is 2.15. The molecular formula is C16H25NO4S. The number of rotatable bonds is 10. The molecule has 5 nitrogen and oxygen atoms in total. The zero-order valence-corrected chi connectivity index (χ0v) is 14.5.